The fourth-order valence-corrected chi connectivity index (χ4v) is 119. The van der Waals surface area contributed by atoms with Crippen LogP contribution in [-0.2, 0) is 6.65 Å². The summed E-state index contributed by atoms with van der Waals surface area (Å²) in [7, 11) is 0. The van der Waals surface area contributed by atoms with Crippen molar-refractivity contribution in [3.05, 3.63) is 0 Å². The van der Waals surface area contributed by atoms with Crippen LogP contribution in [0.2, 0.25) is 46.8 Å². The van der Waals surface area contributed by atoms with E-state index in [4.69, 9.17) is 0 Å². The van der Waals surface area contributed by atoms with Gasteiger partial charge in [0.05, 0.1) is 0 Å². The quantitative estimate of drug-likeness (QED) is 0.524. The second-order valence-corrected chi connectivity index (χ2v) is 40.5. The molecule has 0 N–H and O–H groups in total. The summed E-state index contributed by atoms with van der Waals surface area (Å²) in [5.74, 6) is 0. The Balaban J connectivity index is 1.40. The second kappa shape index (κ2) is 0.744. The van der Waals surface area contributed by atoms with E-state index in [-0.39, 0.29) is 0 Å². The van der Waals surface area contributed by atoms with Gasteiger partial charge in [-0.1, -0.05) is 0 Å². The van der Waals surface area contributed by atoms with Crippen molar-refractivity contribution in [1.29, 1.82) is 0 Å². The van der Waals surface area contributed by atoms with E-state index in [0.717, 1.165) is 0 Å². The van der Waals surface area contributed by atoms with E-state index in [2.05, 4.69) is 13.8 Å². The van der Waals surface area contributed by atoms with Gasteiger partial charge in [0.1, 0.15) is 0 Å². The Hall–Kier alpha value is 0.532. The van der Waals surface area contributed by atoms with Gasteiger partial charge in [0, 0.05) is 0 Å². The molecule has 0 amide bonds. The van der Waals surface area contributed by atoms with E-state index in [9.17, 15) is 0 Å². The fourth-order valence-electron chi connectivity index (χ4n) is 22.8. The zero-order valence-corrected chi connectivity index (χ0v) is 13.5. The van der Waals surface area contributed by atoms with Crippen molar-refractivity contribution in [3.63, 3.8) is 0 Å². The van der Waals surface area contributed by atoms with Crippen molar-refractivity contribution in [3.8, 4) is 0 Å². The van der Waals surface area contributed by atoms with Gasteiger partial charge in [-0.3, -0.25) is 0 Å². The first-order chi connectivity index (χ1) is 9.05. The molecule has 104 valence electrons. The first-order valence-electron chi connectivity index (χ1n) is 9.57. The SMILES string of the molecule is CCCC[C]12[CH]3[CH]4[CH]5[CH]1[Cr]45321678[CH]2[CH]1[CH]6[C]7(CCCC)[CH]28. The van der Waals surface area contributed by atoms with Crippen molar-refractivity contribution in [2.24, 2.45) is 0 Å². The molecule has 0 nitrogen and oxygen atoms in total. The van der Waals surface area contributed by atoms with Crippen LogP contribution in [0, 0.1) is 0 Å². The van der Waals surface area contributed by atoms with E-state index < -0.39 is 6.65 Å². The number of hydrogen-bond acceptors (Lipinski definition) is 0. The van der Waals surface area contributed by atoms with E-state index >= 15 is 0 Å². The van der Waals surface area contributed by atoms with Crippen LogP contribution in [0.5, 0.6) is 0 Å². The molecule has 10 aliphatic heterocycles. The molecule has 10 fully saturated rings. The molecule has 8 atom stereocenters. The summed E-state index contributed by atoms with van der Waals surface area (Å²) >= 11 is 0. The van der Waals surface area contributed by atoms with Gasteiger partial charge in [-0.2, -0.15) is 0 Å². The van der Waals surface area contributed by atoms with Crippen molar-refractivity contribution in [2.75, 3.05) is 0 Å². The average Bonchev–Trinajstić information content (AvgIpc) is 3.36. The zero-order valence-electron chi connectivity index (χ0n) is 12.3. The minimum atomic E-state index is -3.05. The fraction of sp³-hybridized carbons (Fsp3) is 1.00. The van der Waals surface area contributed by atoms with Crippen LogP contribution in [-0.4, -0.2) is 0 Å². The third kappa shape index (κ3) is 0.0905. The topological polar surface area (TPSA) is 0 Å². The molecule has 10 aliphatic rings. The van der Waals surface area contributed by atoms with Gasteiger partial charge in [0.2, 0.25) is 0 Å². The Kier molecular flexibility index (Phi) is 0.322. The Morgan fingerprint density at radius 1 is 0.684 bits per heavy atom. The molecule has 1 heteroatoms. The summed E-state index contributed by atoms with van der Waals surface area (Å²) in [5.41, 5.74) is 0. The molecule has 10 rings (SSSR count). The van der Waals surface area contributed by atoms with E-state index in [1.54, 1.807) is 63.9 Å². The van der Waals surface area contributed by atoms with E-state index in [0.29, 0.717) is 0 Å². The molecule has 8 unspecified atom stereocenters. The van der Waals surface area contributed by atoms with Crippen LogP contribution in [0.3, 0.4) is 0 Å². The minimum absolute atomic E-state index is 1.22. The summed E-state index contributed by atoms with van der Waals surface area (Å²) in [6, 6.07) is 0. The molecule has 0 saturated carbocycles. The normalized spacial score (nSPS) is 112. The Bertz CT molecular complexity index is 910. The molecule has 0 aliphatic carbocycles. The molecule has 1 spiro atoms. The van der Waals surface area contributed by atoms with Gasteiger partial charge in [-0.15, -0.1) is 0 Å². The monoisotopic (exact) mass is 294 g/mol. The Labute approximate surface area is 106 Å². The van der Waals surface area contributed by atoms with Gasteiger partial charge >= 0.3 is 106 Å². The molecule has 0 bridgehead atoms. The summed E-state index contributed by atoms with van der Waals surface area (Å²) < 4.78 is 14.8. The van der Waals surface area contributed by atoms with E-state index in [1.165, 1.54) is 21.4 Å². The van der Waals surface area contributed by atoms with Gasteiger partial charge in [-0.05, 0) is 0 Å². The van der Waals surface area contributed by atoms with Crippen molar-refractivity contribution in [1.82, 2.24) is 0 Å². The number of fused-ring (bicyclic) bond motifs is 10. The summed E-state index contributed by atoms with van der Waals surface area (Å²) in [4.78, 5) is 0. The summed E-state index contributed by atoms with van der Waals surface area (Å²) in [5, 5.41) is 0. The predicted molar refractivity (Wildman–Crippen MR) is 74.4 cm³/mol. The molecular weight excluding hydrogens is 268 g/mol. The average molecular weight is 294 g/mol. The maximum absolute atomic E-state index is 3.05. The van der Waals surface area contributed by atoms with Crippen LogP contribution >= 0.6 is 0 Å². The Morgan fingerprint density at radius 2 is 1.05 bits per heavy atom. The molecule has 10 heterocycles. The molecule has 19 heavy (non-hydrogen) atoms. The molecule has 0 aromatic carbocycles. The van der Waals surface area contributed by atoms with Gasteiger partial charge in [0.25, 0.3) is 0 Å². The third-order valence-corrected chi connectivity index (χ3v) is 70.4. The van der Waals surface area contributed by atoms with Crippen LogP contribution < -0.4 is 0 Å². The van der Waals surface area contributed by atoms with Gasteiger partial charge in [-0.25, -0.2) is 0 Å². The zero-order chi connectivity index (χ0) is 12.2. The first-order valence-corrected chi connectivity index (χ1v) is 16.7. The van der Waals surface area contributed by atoms with Crippen LogP contribution in [0.1, 0.15) is 52.4 Å². The number of rotatable bonds is 6. The van der Waals surface area contributed by atoms with Crippen molar-refractivity contribution in [2.45, 2.75) is 99.2 Å². The molecule has 10 saturated heterocycles. The molecule has 0 aromatic rings. The van der Waals surface area contributed by atoms with Crippen LogP contribution in [0.15, 0.2) is 0 Å². The van der Waals surface area contributed by atoms with Crippen LogP contribution in [0.25, 0.3) is 0 Å². The van der Waals surface area contributed by atoms with Gasteiger partial charge in [0.15, 0.2) is 0 Å². The summed E-state index contributed by atoms with van der Waals surface area (Å²) in [6.45, 7) is 1.84. The standard InChI is InChI=1S/2C9H13.Cr/c2*1-2-3-6-9-7-4-5-8-9;/h2*4-5,7-8H,2-3,6H2,1H3;. The second-order valence-electron chi connectivity index (χ2n) is 13.5. The van der Waals surface area contributed by atoms with Gasteiger partial charge < -0.3 is 0 Å². The van der Waals surface area contributed by atoms with E-state index in [1.807, 2.05) is 0 Å². The van der Waals surface area contributed by atoms with Crippen molar-refractivity contribution >= 4 is 0 Å². The molecule has 0 radical (unpaired) electrons. The Morgan fingerprint density at radius 3 is 1.32 bits per heavy atom. The predicted octanol–water partition coefficient (Wildman–Crippen LogP) is 6.50. The maximum atomic E-state index is 2.44. The molecular formula is C18H26Cr. The third-order valence-electron chi connectivity index (χ3n) is 19.4. The van der Waals surface area contributed by atoms with Crippen molar-refractivity contribution < 1.29 is 6.65 Å². The van der Waals surface area contributed by atoms with Crippen LogP contribution in [0.4, 0.5) is 0 Å². The first kappa shape index (κ1) is 8.24. The summed E-state index contributed by atoms with van der Waals surface area (Å²) in [6.07, 6.45) is 9.75. The molecule has 0 aromatic heterocycles. The number of hydrogen-bond donors (Lipinski definition) is 0. The number of unbranched alkanes of at least 4 members (excludes halogenated alkanes) is 2.